The monoisotopic (exact) mass is 296 g/mol. The van der Waals surface area contributed by atoms with E-state index >= 15 is 0 Å². The van der Waals surface area contributed by atoms with Gasteiger partial charge in [-0.3, -0.25) is 4.79 Å². The van der Waals surface area contributed by atoms with Crippen molar-refractivity contribution < 1.29 is 9.53 Å². The van der Waals surface area contributed by atoms with Crippen molar-refractivity contribution in [1.82, 2.24) is 0 Å². The summed E-state index contributed by atoms with van der Waals surface area (Å²) in [6.45, 7) is 8.36. The van der Waals surface area contributed by atoms with Gasteiger partial charge >= 0.3 is 5.97 Å². The fourth-order valence-corrected chi connectivity index (χ4v) is 4.56. The summed E-state index contributed by atoms with van der Waals surface area (Å²) in [6, 6.07) is 9.93. The number of hydrogen-bond donors (Lipinski definition) is 0. The summed E-state index contributed by atoms with van der Waals surface area (Å²) >= 11 is 0. The molecule has 2 aliphatic carbocycles. The SMILES string of the molecule is CC(=O)O[C@@]1(C#Cc2ccccc2)C[C@H]2CC[C@@]1(C)C2(C)C. The topological polar surface area (TPSA) is 26.3 Å². The third kappa shape index (κ3) is 1.99. The number of esters is 1. The van der Waals surface area contributed by atoms with Crippen LogP contribution in [0.4, 0.5) is 0 Å². The number of carbonyl (C=O) groups is 1. The van der Waals surface area contributed by atoms with Gasteiger partial charge in [-0.05, 0) is 42.2 Å². The van der Waals surface area contributed by atoms with Gasteiger partial charge in [-0.2, -0.15) is 0 Å². The summed E-state index contributed by atoms with van der Waals surface area (Å²) in [5, 5.41) is 0. The number of benzene rings is 1. The lowest BCUT2D eigenvalue weighted by molar-refractivity contribution is -0.164. The molecule has 0 radical (unpaired) electrons. The van der Waals surface area contributed by atoms with Crippen LogP contribution in [0, 0.1) is 28.6 Å². The molecule has 1 aromatic carbocycles. The zero-order chi connectivity index (χ0) is 16.0. The second-order valence-corrected chi connectivity index (χ2v) is 7.53. The molecule has 2 fully saturated rings. The molecule has 0 heterocycles. The number of hydrogen-bond acceptors (Lipinski definition) is 2. The van der Waals surface area contributed by atoms with Crippen molar-refractivity contribution in [2.75, 3.05) is 0 Å². The zero-order valence-electron chi connectivity index (χ0n) is 13.9. The second-order valence-electron chi connectivity index (χ2n) is 7.53. The first-order chi connectivity index (χ1) is 10.3. The van der Waals surface area contributed by atoms with Crippen LogP contribution >= 0.6 is 0 Å². The van der Waals surface area contributed by atoms with E-state index in [0.717, 1.165) is 18.4 Å². The van der Waals surface area contributed by atoms with E-state index in [-0.39, 0.29) is 16.8 Å². The molecule has 0 aromatic heterocycles. The summed E-state index contributed by atoms with van der Waals surface area (Å²) in [4.78, 5) is 11.8. The minimum Gasteiger partial charge on any atom is -0.445 e. The highest BCUT2D eigenvalue weighted by Crippen LogP contribution is 2.70. The molecule has 1 aromatic rings. The Labute approximate surface area is 133 Å². The molecule has 2 aliphatic rings. The predicted octanol–water partition coefficient (Wildman–Crippen LogP) is 4.19. The van der Waals surface area contributed by atoms with Crippen molar-refractivity contribution >= 4 is 5.97 Å². The Morgan fingerprint density at radius 2 is 1.91 bits per heavy atom. The van der Waals surface area contributed by atoms with Crippen molar-refractivity contribution in [3.8, 4) is 11.8 Å². The van der Waals surface area contributed by atoms with Gasteiger partial charge in [0.05, 0.1) is 0 Å². The molecule has 0 spiro atoms. The van der Waals surface area contributed by atoms with E-state index < -0.39 is 5.60 Å². The molecule has 0 saturated heterocycles. The first-order valence-corrected chi connectivity index (χ1v) is 8.09. The maximum Gasteiger partial charge on any atom is 0.304 e. The summed E-state index contributed by atoms with van der Waals surface area (Å²) in [6.07, 6.45) is 3.14. The molecule has 0 amide bonds. The van der Waals surface area contributed by atoms with E-state index in [4.69, 9.17) is 4.74 Å². The summed E-state index contributed by atoms with van der Waals surface area (Å²) in [7, 11) is 0. The Morgan fingerprint density at radius 3 is 2.41 bits per heavy atom. The summed E-state index contributed by atoms with van der Waals surface area (Å²) < 4.78 is 5.88. The van der Waals surface area contributed by atoms with Crippen LogP contribution in [0.1, 0.15) is 52.5 Å². The maximum atomic E-state index is 11.8. The van der Waals surface area contributed by atoms with E-state index in [9.17, 15) is 4.79 Å². The van der Waals surface area contributed by atoms with Gasteiger partial charge in [0.15, 0.2) is 5.60 Å². The lowest BCUT2D eigenvalue weighted by Crippen LogP contribution is -2.49. The van der Waals surface area contributed by atoms with Crippen molar-refractivity contribution in [2.45, 2.75) is 52.6 Å². The normalized spacial score (nSPS) is 34.8. The molecule has 2 nitrogen and oxygen atoms in total. The van der Waals surface area contributed by atoms with Gasteiger partial charge in [0, 0.05) is 24.3 Å². The van der Waals surface area contributed by atoms with Crippen molar-refractivity contribution in [1.29, 1.82) is 0 Å². The van der Waals surface area contributed by atoms with Crippen molar-refractivity contribution in [2.24, 2.45) is 16.7 Å². The summed E-state index contributed by atoms with van der Waals surface area (Å²) in [5.41, 5.74) is 0.380. The van der Waals surface area contributed by atoms with Crippen LogP contribution in [0.2, 0.25) is 0 Å². The summed E-state index contributed by atoms with van der Waals surface area (Å²) in [5.74, 6) is 6.97. The highest BCUT2D eigenvalue weighted by molar-refractivity contribution is 5.67. The first kappa shape index (κ1) is 15.2. The van der Waals surface area contributed by atoms with Crippen LogP contribution in [0.25, 0.3) is 0 Å². The molecular formula is C20H24O2. The number of ether oxygens (including phenoxy) is 1. The molecule has 2 bridgehead atoms. The Bertz CT molecular complexity index is 649. The molecule has 0 unspecified atom stereocenters. The first-order valence-electron chi connectivity index (χ1n) is 8.09. The van der Waals surface area contributed by atoms with E-state index in [1.165, 1.54) is 13.3 Å². The third-order valence-electron chi connectivity index (χ3n) is 6.36. The molecule has 3 rings (SSSR count). The predicted molar refractivity (Wildman–Crippen MR) is 87.0 cm³/mol. The number of rotatable bonds is 1. The van der Waals surface area contributed by atoms with Gasteiger partial charge in [0.2, 0.25) is 0 Å². The number of fused-ring (bicyclic) bond motifs is 2. The minimum atomic E-state index is -0.652. The highest BCUT2D eigenvalue weighted by Gasteiger charge is 2.70. The fourth-order valence-electron chi connectivity index (χ4n) is 4.56. The van der Waals surface area contributed by atoms with E-state index in [0.29, 0.717) is 5.92 Å². The highest BCUT2D eigenvalue weighted by atomic mass is 16.6. The Hall–Kier alpha value is -1.75. The molecule has 2 saturated carbocycles. The smallest absolute Gasteiger partial charge is 0.304 e. The molecule has 2 heteroatoms. The average Bonchev–Trinajstić information content (AvgIpc) is 2.78. The van der Waals surface area contributed by atoms with Crippen LogP contribution in [-0.4, -0.2) is 11.6 Å². The van der Waals surface area contributed by atoms with Crippen LogP contribution in [0.5, 0.6) is 0 Å². The van der Waals surface area contributed by atoms with Crippen molar-refractivity contribution in [3.63, 3.8) is 0 Å². The molecule has 116 valence electrons. The quantitative estimate of drug-likeness (QED) is 0.574. The maximum absolute atomic E-state index is 11.8. The molecular weight excluding hydrogens is 272 g/mol. The van der Waals surface area contributed by atoms with Gasteiger partial charge in [0.1, 0.15) is 0 Å². The molecule has 3 atom stereocenters. The van der Waals surface area contributed by atoms with Crippen molar-refractivity contribution in [3.05, 3.63) is 35.9 Å². The van der Waals surface area contributed by atoms with Gasteiger partial charge < -0.3 is 4.74 Å². The van der Waals surface area contributed by atoms with Gasteiger partial charge in [0.25, 0.3) is 0 Å². The lowest BCUT2D eigenvalue weighted by atomic mass is 9.64. The largest absolute Gasteiger partial charge is 0.445 e. The van der Waals surface area contributed by atoms with E-state index in [1.54, 1.807) is 0 Å². The zero-order valence-corrected chi connectivity index (χ0v) is 13.9. The van der Waals surface area contributed by atoms with Gasteiger partial charge in [-0.15, -0.1) is 0 Å². The second kappa shape index (κ2) is 4.88. The van der Waals surface area contributed by atoms with Gasteiger partial charge in [-0.1, -0.05) is 44.9 Å². The van der Waals surface area contributed by atoms with Gasteiger partial charge in [-0.25, -0.2) is 0 Å². The van der Waals surface area contributed by atoms with E-state index in [2.05, 4.69) is 32.6 Å². The average molecular weight is 296 g/mol. The number of carbonyl (C=O) groups excluding carboxylic acids is 1. The Morgan fingerprint density at radius 1 is 1.23 bits per heavy atom. The van der Waals surface area contributed by atoms with E-state index in [1.807, 2.05) is 30.3 Å². The Balaban J connectivity index is 2.05. The molecule has 22 heavy (non-hydrogen) atoms. The molecule has 0 aliphatic heterocycles. The van der Waals surface area contributed by atoms with Crippen LogP contribution in [0.3, 0.4) is 0 Å². The Kier molecular flexibility index (Phi) is 3.36. The third-order valence-corrected chi connectivity index (χ3v) is 6.36. The fraction of sp³-hybridized carbons (Fsp3) is 0.550. The molecule has 0 N–H and O–H groups in total. The standard InChI is InChI=1S/C20H24O2/c1-15(21)22-20(13-10-16-8-6-5-7-9-16)14-17-11-12-19(20,4)18(17,2)3/h5-9,17H,11-12,14H2,1-4H3/t17-,19+,20+/m1/s1. The van der Waals surface area contributed by atoms with Crippen LogP contribution in [0.15, 0.2) is 30.3 Å². The lowest BCUT2D eigenvalue weighted by Gasteiger charge is -2.44. The van der Waals surface area contributed by atoms with Crippen LogP contribution < -0.4 is 0 Å². The van der Waals surface area contributed by atoms with Crippen LogP contribution in [-0.2, 0) is 9.53 Å². The minimum absolute atomic E-state index is 0.0852.